The standard InChI is InChI=1S/C15H15Cl2N3O/c1-10(11-4-6-12(16)7-5-11)19-9-14(21)20-13-3-2-8-18-15(13)17/h2-8,10,19H,9H2,1H3,(H,20,21). The maximum atomic E-state index is 11.9. The molecule has 110 valence electrons. The van der Waals surface area contributed by atoms with Crippen molar-refractivity contribution in [3.05, 3.63) is 58.3 Å². The van der Waals surface area contributed by atoms with E-state index in [1.807, 2.05) is 31.2 Å². The third kappa shape index (κ3) is 4.70. The van der Waals surface area contributed by atoms with Crippen LogP contribution in [-0.4, -0.2) is 17.4 Å². The molecule has 1 amide bonds. The Labute approximate surface area is 133 Å². The highest BCUT2D eigenvalue weighted by molar-refractivity contribution is 6.32. The Balaban J connectivity index is 1.86. The molecule has 0 aliphatic heterocycles. The molecule has 2 aromatic rings. The molecule has 0 fully saturated rings. The second kappa shape index (κ2) is 7.41. The number of rotatable bonds is 5. The van der Waals surface area contributed by atoms with E-state index in [4.69, 9.17) is 23.2 Å². The molecule has 0 saturated heterocycles. The van der Waals surface area contributed by atoms with Gasteiger partial charge < -0.3 is 10.6 Å². The highest BCUT2D eigenvalue weighted by Gasteiger charge is 2.09. The Bertz CT molecular complexity index is 617. The average Bonchev–Trinajstić information content (AvgIpc) is 2.48. The lowest BCUT2D eigenvalue weighted by Gasteiger charge is -2.14. The number of halogens is 2. The number of carbonyl (C=O) groups excluding carboxylic acids is 1. The van der Waals surface area contributed by atoms with Gasteiger partial charge >= 0.3 is 0 Å². The Hall–Kier alpha value is -1.62. The molecule has 1 heterocycles. The van der Waals surface area contributed by atoms with Gasteiger partial charge in [0.2, 0.25) is 5.91 Å². The first-order chi connectivity index (χ1) is 10.1. The van der Waals surface area contributed by atoms with Crippen LogP contribution in [0.15, 0.2) is 42.6 Å². The van der Waals surface area contributed by atoms with Gasteiger partial charge in [-0.3, -0.25) is 4.79 Å². The van der Waals surface area contributed by atoms with Crippen molar-refractivity contribution in [2.75, 3.05) is 11.9 Å². The van der Waals surface area contributed by atoms with E-state index in [-0.39, 0.29) is 23.6 Å². The molecule has 1 aromatic heterocycles. The summed E-state index contributed by atoms with van der Waals surface area (Å²) in [6.07, 6.45) is 1.57. The van der Waals surface area contributed by atoms with Crippen LogP contribution in [0.5, 0.6) is 0 Å². The van der Waals surface area contributed by atoms with Crippen molar-refractivity contribution in [2.24, 2.45) is 0 Å². The molecule has 0 saturated carbocycles. The van der Waals surface area contributed by atoms with E-state index in [0.29, 0.717) is 10.7 Å². The fraction of sp³-hybridized carbons (Fsp3) is 0.200. The quantitative estimate of drug-likeness (QED) is 0.825. The molecule has 2 rings (SSSR count). The molecule has 0 bridgehead atoms. The van der Waals surface area contributed by atoms with E-state index in [9.17, 15) is 4.79 Å². The molecule has 0 aliphatic rings. The Morgan fingerprint density at radius 2 is 1.95 bits per heavy atom. The van der Waals surface area contributed by atoms with Crippen LogP contribution in [0, 0.1) is 0 Å². The first-order valence-corrected chi connectivity index (χ1v) is 7.21. The van der Waals surface area contributed by atoms with Gasteiger partial charge in [0.1, 0.15) is 0 Å². The lowest BCUT2D eigenvalue weighted by molar-refractivity contribution is -0.115. The SMILES string of the molecule is CC(NCC(=O)Nc1cccnc1Cl)c1ccc(Cl)cc1. The van der Waals surface area contributed by atoms with Crippen LogP contribution >= 0.6 is 23.2 Å². The molecule has 0 spiro atoms. The second-order valence-electron chi connectivity index (χ2n) is 4.54. The number of benzene rings is 1. The van der Waals surface area contributed by atoms with Gasteiger partial charge in [0, 0.05) is 17.3 Å². The minimum atomic E-state index is -0.175. The maximum Gasteiger partial charge on any atom is 0.238 e. The van der Waals surface area contributed by atoms with Crippen molar-refractivity contribution in [1.82, 2.24) is 10.3 Å². The zero-order valence-corrected chi connectivity index (χ0v) is 12.9. The summed E-state index contributed by atoms with van der Waals surface area (Å²) >= 11 is 11.7. The number of nitrogens with one attached hydrogen (secondary N) is 2. The number of anilines is 1. The summed E-state index contributed by atoms with van der Waals surface area (Å²) in [5.41, 5.74) is 1.57. The van der Waals surface area contributed by atoms with Crippen molar-refractivity contribution >= 4 is 34.8 Å². The van der Waals surface area contributed by atoms with Crippen molar-refractivity contribution in [3.8, 4) is 0 Å². The lowest BCUT2D eigenvalue weighted by atomic mass is 10.1. The third-order valence-corrected chi connectivity index (χ3v) is 3.53. The molecular formula is C15H15Cl2N3O. The summed E-state index contributed by atoms with van der Waals surface area (Å²) in [5.74, 6) is -0.175. The number of hydrogen-bond donors (Lipinski definition) is 2. The Kier molecular flexibility index (Phi) is 5.56. The molecular weight excluding hydrogens is 309 g/mol. The van der Waals surface area contributed by atoms with Gasteiger partial charge in [0.25, 0.3) is 0 Å². The number of amides is 1. The fourth-order valence-electron chi connectivity index (χ4n) is 1.79. The van der Waals surface area contributed by atoms with E-state index in [1.54, 1.807) is 18.3 Å². The van der Waals surface area contributed by atoms with E-state index in [1.165, 1.54) is 0 Å². The van der Waals surface area contributed by atoms with E-state index < -0.39 is 0 Å². The molecule has 0 radical (unpaired) electrons. The summed E-state index contributed by atoms with van der Waals surface area (Å²) in [6, 6.07) is 11.0. The van der Waals surface area contributed by atoms with Gasteiger partial charge in [-0.2, -0.15) is 0 Å². The van der Waals surface area contributed by atoms with Crippen molar-refractivity contribution in [3.63, 3.8) is 0 Å². The fourth-order valence-corrected chi connectivity index (χ4v) is 2.08. The zero-order chi connectivity index (χ0) is 15.2. The number of aromatic nitrogens is 1. The minimum absolute atomic E-state index is 0.0392. The van der Waals surface area contributed by atoms with Crippen LogP contribution in [0.1, 0.15) is 18.5 Å². The molecule has 1 aromatic carbocycles. The summed E-state index contributed by atoms with van der Waals surface area (Å²) < 4.78 is 0. The van der Waals surface area contributed by atoms with E-state index in [2.05, 4.69) is 15.6 Å². The first-order valence-electron chi connectivity index (χ1n) is 6.45. The van der Waals surface area contributed by atoms with Crippen LogP contribution in [0.25, 0.3) is 0 Å². The summed E-state index contributed by atoms with van der Waals surface area (Å²) in [7, 11) is 0. The second-order valence-corrected chi connectivity index (χ2v) is 5.34. The van der Waals surface area contributed by atoms with E-state index in [0.717, 1.165) is 5.56 Å². The number of carbonyl (C=O) groups is 1. The highest BCUT2D eigenvalue weighted by atomic mass is 35.5. The van der Waals surface area contributed by atoms with Gasteiger partial charge in [-0.25, -0.2) is 4.98 Å². The monoisotopic (exact) mass is 323 g/mol. The van der Waals surface area contributed by atoms with Gasteiger partial charge in [-0.05, 0) is 36.8 Å². The molecule has 1 atom stereocenters. The van der Waals surface area contributed by atoms with Crippen LogP contribution < -0.4 is 10.6 Å². The normalized spacial score (nSPS) is 12.0. The van der Waals surface area contributed by atoms with Crippen LogP contribution in [0.3, 0.4) is 0 Å². The van der Waals surface area contributed by atoms with Crippen molar-refractivity contribution in [1.29, 1.82) is 0 Å². The van der Waals surface area contributed by atoms with Gasteiger partial charge in [0.05, 0.1) is 12.2 Å². The average molecular weight is 324 g/mol. The lowest BCUT2D eigenvalue weighted by Crippen LogP contribution is -2.30. The first kappa shape index (κ1) is 15.8. The largest absolute Gasteiger partial charge is 0.322 e. The predicted octanol–water partition coefficient (Wildman–Crippen LogP) is 3.68. The third-order valence-electron chi connectivity index (χ3n) is 2.97. The minimum Gasteiger partial charge on any atom is -0.322 e. The van der Waals surface area contributed by atoms with Crippen LogP contribution in [-0.2, 0) is 4.79 Å². The smallest absolute Gasteiger partial charge is 0.238 e. The van der Waals surface area contributed by atoms with Crippen molar-refractivity contribution < 1.29 is 4.79 Å². The van der Waals surface area contributed by atoms with Gasteiger partial charge in [-0.1, -0.05) is 35.3 Å². The van der Waals surface area contributed by atoms with Crippen molar-refractivity contribution in [2.45, 2.75) is 13.0 Å². The zero-order valence-electron chi connectivity index (χ0n) is 11.4. The molecule has 1 unspecified atom stereocenters. The van der Waals surface area contributed by atoms with Crippen LogP contribution in [0.2, 0.25) is 10.2 Å². The molecule has 21 heavy (non-hydrogen) atoms. The molecule has 0 aliphatic carbocycles. The molecule has 6 heteroatoms. The maximum absolute atomic E-state index is 11.9. The summed E-state index contributed by atoms with van der Waals surface area (Å²) in [4.78, 5) is 15.8. The Morgan fingerprint density at radius 3 is 2.62 bits per heavy atom. The Morgan fingerprint density at radius 1 is 1.24 bits per heavy atom. The topological polar surface area (TPSA) is 54.0 Å². The molecule has 2 N–H and O–H groups in total. The van der Waals surface area contributed by atoms with E-state index >= 15 is 0 Å². The number of hydrogen-bond acceptors (Lipinski definition) is 3. The summed E-state index contributed by atoms with van der Waals surface area (Å²) in [5, 5.41) is 6.81. The van der Waals surface area contributed by atoms with Gasteiger partial charge in [-0.15, -0.1) is 0 Å². The predicted molar refractivity (Wildman–Crippen MR) is 85.7 cm³/mol. The highest BCUT2D eigenvalue weighted by Crippen LogP contribution is 2.18. The number of nitrogens with zero attached hydrogens (tertiary/aromatic N) is 1. The molecule has 4 nitrogen and oxygen atoms in total. The number of pyridine rings is 1. The van der Waals surface area contributed by atoms with Gasteiger partial charge in [0.15, 0.2) is 5.15 Å². The summed E-state index contributed by atoms with van der Waals surface area (Å²) in [6.45, 7) is 2.16. The van der Waals surface area contributed by atoms with Crippen LogP contribution in [0.4, 0.5) is 5.69 Å².